The first-order valence-electron chi connectivity index (χ1n) is 7.89. The molecule has 1 aromatic heterocycles. The quantitative estimate of drug-likeness (QED) is 0.918. The second-order valence-electron chi connectivity index (χ2n) is 6.40. The van der Waals surface area contributed by atoms with Crippen LogP contribution in [0.25, 0.3) is 10.9 Å². The molecule has 21 heavy (non-hydrogen) atoms. The molecule has 1 aromatic carbocycles. The van der Waals surface area contributed by atoms with E-state index in [2.05, 4.69) is 42.7 Å². The normalized spacial score (nSPS) is 21.4. The molecule has 0 fully saturated rings. The van der Waals surface area contributed by atoms with E-state index in [1.54, 1.807) is 0 Å². The highest BCUT2D eigenvalue weighted by Crippen LogP contribution is 2.44. The van der Waals surface area contributed by atoms with E-state index < -0.39 is 5.97 Å². The summed E-state index contributed by atoms with van der Waals surface area (Å²) in [6, 6.07) is 8.60. The van der Waals surface area contributed by atoms with Gasteiger partial charge in [-0.25, -0.2) is 0 Å². The zero-order valence-corrected chi connectivity index (χ0v) is 12.9. The predicted molar refractivity (Wildman–Crippen MR) is 84.8 cm³/mol. The largest absolute Gasteiger partial charge is 0.481 e. The van der Waals surface area contributed by atoms with Gasteiger partial charge in [-0.3, -0.25) is 4.79 Å². The van der Waals surface area contributed by atoms with Gasteiger partial charge in [-0.05, 0) is 44.2 Å². The Morgan fingerprint density at radius 2 is 2.14 bits per heavy atom. The molecule has 112 valence electrons. The Balaban J connectivity index is 2.18. The lowest BCUT2D eigenvalue weighted by molar-refractivity contribution is -0.137. The fourth-order valence-corrected chi connectivity index (χ4v) is 4.05. The molecule has 1 aliphatic rings. The van der Waals surface area contributed by atoms with Gasteiger partial charge in [0, 0.05) is 35.0 Å². The number of nitrogens with zero attached hydrogens (tertiary/aromatic N) is 1. The first kappa shape index (κ1) is 14.2. The zero-order valence-electron chi connectivity index (χ0n) is 12.9. The summed E-state index contributed by atoms with van der Waals surface area (Å²) in [6.45, 7) is 5.37. The maximum absolute atomic E-state index is 11.0. The predicted octanol–water partition coefficient (Wildman–Crippen LogP) is 4.12. The van der Waals surface area contributed by atoms with E-state index in [4.69, 9.17) is 5.11 Å². The van der Waals surface area contributed by atoms with Gasteiger partial charge in [0.1, 0.15) is 0 Å². The molecule has 3 rings (SSSR count). The van der Waals surface area contributed by atoms with E-state index in [0.29, 0.717) is 0 Å². The van der Waals surface area contributed by atoms with Crippen LogP contribution in [-0.2, 0) is 23.2 Å². The molecule has 1 aliphatic carbocycles. The lowest BCUT2D eigenvalue weighted by Gasteiger charge is -2.35. The van der Waals surface area contributed by atoms with Crippen molar-refractivity contribution in [1.29, 1.82) is 0 Å². The number of rotatable bonds is 4. The Labute approximate surface area is 125 Å². The van der Waals surface area contributed by atoms with Gasteiger partial charge >= 0.3 is 5.97 Å². The van der Waals surface area contributed by atoms with Crippen LogP contribution in [0.4, 0.5) is 0 Å². The first-order chi connectivity index (χ1) is 10.1. The van der Waals surface area contributed by atoms with E-state index in [9.17, 15) is 4.79 Å². The summed E-state index contributed by atoms with van der Waals surface area (Å²) < 4.78 is 2.41. The number of fused-ring (bicyclic) bond motifs is 3. The lowest BCUT2D eigenvalue weighted by atomic mass is 9.71. The molecular formula is C18H23NO2. The summed E-state index contributed by atoms with van der Waals surface area (Å²) in [5.74, 6) is -0.692. The third kappa shape index (κ3) is 2.25. The zero-order chi connectivity index (χ0) is 15.0. The summed E-state index contributed by atoms with van der Waals surface area (Å²) in [7, 11) is 0. The molecule has 0 radical (unpaired) electrons. The lowest BCUT2D eigenvalue weighted by Crippen LogP contribution is -2.31. The number of aromatic nitrogens is 1. The summed E-state index contributed by atoms with van der Waals surface area (Å²) in [5, 5.41) is 10.4. The Kier molecular flexibility index (Phi) is 3.52. The van der Waals surface area contributed by atoms with Crippen LogP contribution in [0.3, 0.4) is 0 Å². The molecule has 0 aliphatic heterocycles. The molecule has 3 heteroatoms. The number of benzene rings is 1. The van der Waals surface area contributed by atoms with E-state index >= 15 is 0 Å². The molecular weight excluding hydrogens is 262 g/mol. The van der Waals surface area contributed by atoms with E-state index in [1.165, 1.54) is 22.2 Å². The van der Waals surface area contributed by atoms with Gasteiger partial charge in [0.15, 0.2) is 0 Å². The Morgan fingerprint density at radius 3 is 2.86 bits per heavy atom. The molecule has 0 bridgehead atoms. The number of aliphatic carboxylic acids is 1. The minimum absolute atomic E-state index is 0.0129. The van der Waals surface area contributed by atoms with Gasteiger partial charge in [-0.2, -0.15) is 0 Å². The maximum atomic E-state index is 11.0. The van der Waals surface area contributed by atoms with Crippen LogP contribution < -0.4 is 0 Å². The fourth-order valence-electron chi connectivity index (χ4n) is 4.05. The van der Waals surface area contributed by atoms with Crippen molar-refractivity contribution >= 4 is 16.9 Å². The van der Waals surface area contributed by atoms with Crippen molar-refractivity contribution in [2.75, 3.05) is 0 Å². The topological polar surface area (TPSA) is 42.2 Å². The number of para-hydroxylation sites is 1. The molecule has 0 amide bonds. The smallest absolute Gasteiger partial charge is 0.303 e. The summed E-state index contributed by atoms with van der Waals surface area (Å²) >= 11 is 0. The van der Waals surface area contributed by atoms with Gasteiger partial charge in [-0.15, -0.1) is 0 Å². The minimum atomic E-state index is -0.692. The number of carbonyl (C=O) groups is 1. The van der Waals surface area contributed by atoms with Crippen LogP contribution in [-0.4, -0.2) is 15.6 Å². The molecule has 0 spiro atoms. The van der Waals surface area contributed by atoms with E-state index in [-0.39, 0.29) is 11.8 Å². The van der Waals surface area contributed by atoms with Crippen LogP contribution in [0.15, 0.2) is 24.3 Å². The second-order valence-corrected chi connectivity index (χ2v) is 6.40. The molecule has 1 heterocycles. The highest BCUT2D eigenvalue weighted by molar-refractivity contribution is 5.86. The third-order valence-electron chi connectivity index (χ3n) is 5.01. The Morgan fingerprint density at radius 1 is 1.38 bits per heavy atom. The molecule has 3 nitrogen and oxygen atoms in total. The van der Waals surface area contributed by atoms with Gasteiger partial charge in [0.2, 0.25) is 0 Å². The van der Waals surface area contributed by atoms with Crippen LogP contribution in [0.5, 0.6) is 0 Å². The third-order valence-corrected chi connectivity index (χ3v) is 5.01. The van der Waals surface area contributed by atoms with Crippen LogP contribution >= 0.6 is 0 Å². The van der Waals surface area contributed by atoms with Gasteiger partial charge in [0.05, 0.1) is 0 Å². The van der Waals surface area contributed by atoms with Crippen LogP contribution in [0, 0.1) is 0 Å². The van der Waals surface area contributed by atoms with E-state index in [1.807, 2.05) is 0 Å². The highest BCUT2D eigenvalue weighted by atomic mass is 16.4. The van der Waals surface area contributed by atoms with Crippen molar-refractivity contribution < 1.29 is 9.90 Å². The Hall–Kier alpha value is -1.77. The van der Waals surface area contributed by atoms with Crippen molar-refractivity contribution in [3.05, 3.63) is 35.5 Å². The Bertz CT molecular complexity index is 653. The standard InChI is InChI=1S/C18H23NO2/c1-3-19-15-9-5-4-7-13(15)14-8-6-11-18(2,17(14)19)12-10-16(20)21/h4-5,7,9H,3,6,8,10-12H2,1-2H3,(H,20,21). The molecule has 1 N–H and O–H groups in total. The number of aryl methyl sites for hydroxylation is 2. The summed E-state index contributed by atoms with van der Waals surface area (Å²) in [4.78, 5) is 11.0. The fraction of sp³-hybridized carbons (Fsp3) is 0.500. The van der Waals surface area contributed by atoms with Crippen molar-refractivity contribution in [3.63, 3.8) is 0 Å². The van der Waals surface area contributed by atoms with Crippen molar-refractivity contribution in [1.82, 2.24) is 4.57 Å². The van der Waals surface area contributed by atoms with Gasteiger partial charge in [-0.1, -0.05) is 25.1 Å². The van der Waals surface area contributed by atoms with Crippen molar-refractivity contribution in [2.45, 2.75) is 57.9 Å². The molecule has 2 aromatic rings. The van der Waals surface area contributed by atoms with E-state index in [0.717, 1.165) is 32.2 Å². The van der Waals surface area contributed by atoms with Crippen molar-refractivity contribution in [3.8, 4) is 0 Å². The summed E-state index contributed by atoms with van der Waals surface area (Å²) in [5.41, 5.74) is 4.12. The average molecular weight is 285 g/mol. The number of carboxylic acid groups (broad SMARTS) is 1. The average Bonchev–Trinajstić information content (AvgIpc) is 2.81. The second kappa shape index (κ2) is 5.21. The van der Waals surface area contributed by atoms with Crippen LogP contribution in [0.1, 0.15) is 50.8 Å². The SMILES string of the molecule is CCn1c2c(c3ccccc31)CCCC2(C)CCC(=O)O. The summed E-state index contributed by atoms with van der Waals surface area (Å²) in [6.07, 6.45) is 4.34. The minimum Gasteiger partial charge on any atom is -0.481 e. The molecule has 1 atom stereocenters. The molecule has 0 saturated heterocycles. The van der Waals surface area contributed by atoms with Gasteiger partial charge in [0.25, 0.3) is 0 Å². The van der Waals surface area contributed by atoms with Gasteiger partial charge < -0.3 is 9.67 Å². The first-order valence-corrected chi connectivity index (χ1v) is 7.89. The van der Waals surface area contributed by atoms with Crippen LogP contribution in [0.2, 0.25) is 0 Å². The number of hydrogen-bond donors (Lipinski definition) is 1. The highest BCUT2D eigenvalue weighted by Gasteiger charge is 2.36. The van der Waals surface area contributed by atoms with Crippen molar-refractivity contribution in [2.24, 2.45) is 0 Å². The number of hydrogen-bond acceptors (Lipinski definition) is 1. The maximum Gasteiger partial charge on any atom is 0.303 e. The monoisotopic (exact) mass is 285 g/mol. The molecule has 0 saturated carbocycles. The molecule has 1 unspecified atom stereocenters. The number of carboxylic acids is 1.